The summed E-state index contributed by atoms with van der Waals surface area (Å²) in [5.41, 5.74) is 1.28. The Bertz CT molecular complexity index is 788. The molecule has 1 aromatic carbocycles. The SMILES string of the molecule is Cc1noc(C)c1S(=O)(=O)Nc1ccc(NC(=O)C(C)C)cc1. The fraction of sp³-hybridized carbons (Fsp3) is 0.333. The number of hydrogen-bond donors (Lipinski definition) is 2. The van der Waals surface area contributed by atoms with Crippen LogP contribution in [0.2, 0.25) is 0 Å². The van der Waals surface area contributed by atoms with Crippen LogP contribution in [0, 0.1) is 19.8 Å². The van der Waals surface area contributed by atoms with Crippen LogP contribution in [0.3, 0.4) is 0 Å². The minimum absolute atomic E-state index is 0.0367. The molecule has 2 N–H and O–H groups in total. The first-order valence-corrected chi connectivity index (χ1v) is 8.55. The molecule has 0 unspecified atom stereocenters. The lowest BCUT2D eigenvalue weighted by molar-refractivity contribution is -0.118. The molecule has 0 fully saturated rings. The van der Waals surface area contributed by atoms with Crippen LogP contribution in [0.5, 0.6) is 0 Å². The number of carbonyl (C=O) groups excluding carboxylic acids is 1. The molecule has 0 saturated carbocycles. The van der Waals surface area contributed by atoms with E-state index in [9.17, 15) is 13.2 Å². The molecule has 8 heteroatoms. The van der Waals surface area contributed by atoms with Crippen LogP contribution < -0.4 is 10.0 Å². The van der Waals surface area contributed by atoms with Crippen LogP contribution in [0.4, 0.5) is 11.4 Å². The summed E-state index contributed by atoms with van der Waals surface area (Å²) in [6.07, 6.45) is 0. The van der Waals surface area contributed by atoms with Crippen LogP contribution in [0.1, 0.15) is 25.3 Å². The highest BCUT2D eigenvalue weighted by molar-refractivity contribution is 7.92. The number of aryl methyl sites for hydroxylation is 2. The van der Waals surface area contributed by atoms with Gasteiger partial charge in [0, 0.05) is 17.3 Å². The van der Waals surface area contributed by atoms with Gasteiger partial charge in [-0.1, -0.05) is 19.0 Å². The summed E-state index contributed by atoms with van der Waals surface area (Å²) in [6, 6.07) is 6.41. The molecule has 23 heavy (non-hydrogen) atoms. The van der Waals surface area contributed by atoms with Crippen molar-refractivity contribution in [1.82, 2.24) is 5.16 Å². The Morgan fingerprint density at radius 3 is 2.17 bits per heavy atom. The Balaban J connectivity index is 2.16. The maximum absolute atomic E-state index is 12.4. The average molecular weight is 337 g/mol. The monoisotopic (exact) mass is 337 g/mol. The number of benzene rings is 1. The van der Waals surface area contributed by atoms with Crippen molar-refractivity contribution in [2.75, 3.05) is 10.0 Å². The van der Waals surface area contributed by atoms with Gasteiger partial charge in [-0.3, -0.25) is 9.52 Å². The second-order valence-corrected chi connectivity index (χ2v) is 7.10. The van der Waals surface area contributed by atoms with Gasteiger partial charge >= 0.3 is 0 Å². The van der Waals surface area contributed by atoms with E-state index >= 15 is 0 Å². The van der Waals surface area contributed by atoms with E-state index in [1.807, 2.05) is 0 Å². The molecule has 7 nitrogen and oxygen atoms in total. The lowest BCUT2D eigenvalue weighted by Gasteiger charge is -2.10. The molecule has 124 valence electrons. The second-order valence-electron chi connectivity index (χ2n) is 5.48. The predicted molar refractivity (Wildman–Crippen MR) is 86.7 cm³/mol. The third-order valence-corrected chi connectivity index (χ3v) is 4.79. The standard InChI is InChI=1S/C15H19N3O4S/c1-9(2)15(19)16-12-5-7-13(8-6-12)18-23(20,21)14-10(3)17-22-11(14)4/h5-9,18H,1-4H3,(H,16,19). The first kappa shape index (κ1) is 17.0. The Morgan fingerprint density at radius 1 is 1.13 bits per heavy atom. The van der Waals surface area contributed by atoms with Crippen LogP contribution in [-0.4, -0.2) is 19.5 Å². The molecule has 2 rings (SSSR count). The highest BCUT2D eigenvalue weighted by Crippen LogP contribution is 2.23. The molecule has 0 atom stereocenters. The largest absolute Gasteiger partial charge is 0.360 e. The first-order valence-electron chi connectivity index (χ1n) is 7.07. The van der Waals surface area contributed by atoms with Crippen LogP contribution in [0.25, 0.3) is 0 Å². The zero-order valence-corrected chi connectivity index (χ0v) is 14.2. The van der Waals surface area contributed by atoms with Gasteiger partial charge in [0.25, 0.3) is 10.0 Å². The van der Waals surface area contributed by atoms with Gasteiger partial charge in [-0.25, -0.2) is 8.42 Å². The maximum Gasteiger partial charge on any atom is 0.267 e. The lowest BCUT2D eigenvalue weighted by Crippen LogP contribution is -2.18. The molecule has 1 heterocycles. The highest BCUT2D eigenvalue weighted by Gasteiger charge is 2.24. The minimum atomic E-state index is -3.77. The Hall–Kier alpha value is -2.35. The third kappa shape index (κ3) is 3.89. The van der Waals surface area contributed by atoms with Gasteiger partial charge in [-0.05, 0) is 38.1 Å². The number of anilines is 2. The van der Waals surface area contributed by atoms with Gasteiger partial charge < -0.3 is 9.84 Å². The molecule has 1 aromatic heterocycles. The number of sulfonamides is 1. The zero-order valence-electron chi connectivity index (χ0n) is 13.4. The number of amides is 1. The van der Waals surface area contributed by atoms with Crippen LogP contribution in [-0.2, 0) is 14.8 Å². The molecule has 0 aliphatic rings. The molecule has 2 aromatic rings. The summed E-state index contributed by atoms with van der Waals surface area (Å²) in [7, 11) is -3.77. The van der Waals surface area contributed by atoms with E-state index in [1.54, 1.807) is 52.0 Å². The lowest BCUT2D eigenvalue weighted by atomic mass is 10.2. The van der Waals surface area contributed by atoms with Crippen molar-refractivity contribution < 1.29 is 17.7 Å². The Labute approximate surface area is 135 Å². The average Bonchev–Trinajstić information content (AvgIpc) is 2.80. The van der Waals surface area contributed by atoms with Crippen molar-refractivity contribution in [3.8, 4) is 0 Å². The molecule has 1 amide bonds. The molecule has 0 aliphatic heterocycles. The molecule has 0 saturated heterocycles. The Morgan fingerprint density at radius 2 is 1.70 bits per heavy atom. The number of nitrogens with one attached hydrogen (secondary N) is 2. The fourth-order valence-electron chi connectivity index (χ4n) is 1.97. The normalized spacial score (nSPS) is 11.5. The number of rotatable bonds is 5. The van der Waals surface area contributed by atoms with Gasteiger partial charge in [-0.2, -0.15) is 0 Å². The summed E-state index contributed by atoms with van der Waals surface area (Å²) in [6.45, 7) is 6.69. The zero-order chi connectivity index (χ0) is 17.2. The highest BCUT2D eigenvalue weighted by atomic mass is 32.2. The van der Waals surface area contributed by atoms with Crippen molar-refractivity contribution in [3.05, 3.63) is 35.7 Å². The van der Waals surface area contributed by atoms with Crippen molar-refractivity contribution in [3.63, 3.8) is 0 Å². The van der Waals surface area contributed by atoms with Gasteiger partial charge in [0.1, 0.15) is 5.69 Å². The van der Waals surface area contributed by atoms with Crippen molar-refractivity contribution >= 4 is 27.3 Å². The number of carbonyl (C=O) groups is 1. The van der Waals surface area contributed by atoms with Gasteiger partial charge in [0.05, 0.1) is 0 Å². The van der Waals surface area contributed by atoms with Gasteiger partial charge in [0.15, 0.2) is 10.7 Å². The summed E-state index contributed by atoms with van der Waals surface area (Å²) < 4.78 is 32.1. The van der Waals surface area contributed by atoms with E-state index < -0.39 is 10.0 Å². The molecule has 0 spiro atoms. The van der Waals surface area contributed by atoms with E-state index in [0.717, 1.165) is 0 Å². The smallest absolute Gasteiger partial charge is 0.267 e. The molecule has 0 radical (unpaired) electrons. The molecule has 0 aliphatic carbocycles. The predicted octanol–water partition coefficient (Wildman–Crippen LogP) is 2.69. The maximum atomic E-state index is 12.4. The van der Waals surface area contributed by atoms with E-state index in [1.165, 1.54) is 0 Å². The van der Waals surface area contributed by atoms with E-state index in [0.29, 0.717) is 17.1 Å². The summed E-state index contributed by atoms with van der Waals surface area (Å²) >= 11 is 0. The first-order chi connectivity index (χ1) is 10.7. The molecular weight excluding hydrogens is 318 g/mol. The second kappa shape index (κ2) is 6.41. The number of nitrogens with zero attached hydrogens (tertiary/aromatic N) is 1. The van der Waals surface area contributed by atoms with E-state index in [-0.39, 0.29) is 22.5 Å². The van der Waals surface area contributed by atoms with E-state index in [2.05, 4.69) is 15.2 Å². The number of aromatic nitrogens is 1. The summed E-state index contributed by atoms with van der Waals surface area (Å²) in [4.78, 5) is 11.7. The third-order valence-electron chi connectivity index (χ3n) is 3.17. The van der Waals surface area contributed by atoms with Crippen LogP contribution >= 0.6 is 0 Å². The fourth-order valence-corrected chi connectivity index (χ4v) is 3.36. The Kier molecular flexibility index (Phi) is 4.74. The minimum Gasteiger partial charge on any atom is -0.360 e. The van der Waals surface area contributed by atoms with Gasteiger partial charge in [0.2, 0.25) is 5.91 Å². The van der Waals surface area contributed by atoms with Crippen molar-refractivity contribution in [1.29, 1.82) is 0 Å². The number of hydrogen-bond acceptors (Lipinski definition) is 5. The topological polar surface area (TPSA) is 101 Å². The van der Waals surface area contributed by atoms with Crippen molar-refractivity contribution in [2.24, 2.45) is 5.92 Å². The quantitative estimate of drug-likeness (QED) is 0.873. The van der Waals surface area contributed by atoms with E-state index in [4.69, 9.17) is 4.52 Å². The summed E-state index contributed by atoms with van der Waals surface area (Å²) in [5.74, 6) is -0.00223. The van der Waals surface area contributed by atoms with Crippen LogP contribution in [0.15, 0.2) is 33.7 Å². The van der Waals surface area contributed by atoms with Gasteiger partial charge in [-0.15, -0.1) is 0 Å². The van der Waals surface area contributed by atoms with Crippen molar-refractivity contribution in [2.45, 2.75) is 32.6 Å². The summed E-state index contributed by atoms with van der Waals surface area (Å²) in [5, 5.41) is 6.38. The molecular formula is C15H19N3O4S. The molecule has 0 bridgehead atoms.